The minimum atomic E-state index is -4.55. The molecule has 3 rings (SSSR count). The molecule has 0 saturated heterocycles. The molecule has 166 valence electrons. The van der Waals surface area contributed by atoms with Crippen LogP contribution in [0.25, 0.3) is 0 Å². The van der Waals surface area contributed by atoms with Crippen LogP contribution in [-0.4, -0.2) is 16.5 Å². The Hall–Kier alpha value is -3.79. The van der Waals surface area contributed by atoms with Crippen LogP contribution in [0.15, 0.2) is 76.8 Å². The summed E-state index contributed by atoms with van der Waals surface area (Å²) in [6.07, 6.45) is -4.65. The number of aromatic nitrogens is 1. The quantitative estimate of drug-likeness (QED) is 0.252. The second-order valence-electron chi connectivity index (χ2n) is 6.57. The summed E-state index contributed by atoms with van der Waals surface area (Å²) in [4.78, 5) is 28.4. The number of pyridine rings is 1. The highest BCUT2D eigenvalue weighted by Gasteiger charge is 2.31. The van der Waals surface area contributed by atoms with E-state index in [4.69, 9.17) is 22.2 Å². The number of amides is 1. The van der Waals surface area contributed by atoms with Gasteiger partial charge in [-0.2, -0.15) is 13.2 Å². The molecule has 2 aromatic carbocycles. The zero-order valence-corrected chi connectivity index (χ0v) is 17.0. The summed E-state index contributed by atoms with van der Waals surface area (Å²) < 4.78 is 39.5. The Morgan fingerprint density at radius 3 is 2.34 bits per heavy atom. The van der Waals surface area contributed by atoms with Crippen LogP contribution in [0.5, 0.6) is 0 Å². The van der Waals surface area contributed by atoms with Crippen molar-refractivity contribution >= 4 is 29.2 Å². The summed E-state index contributed by atoms with van der Waals surface area (Å²) in [7, 11) is 0. The molecule has 7 nitrogen and oxygen atoms in total. The predicted octanol–water partition coefficient (Wildman–Crippen LogP) is 4.44. The van der Waals surface area contributed by atoms with Gasteiger partial charge in [0.25, 0.3) is 5.56 Å². The standard InChI is InChI=1S/C21H16ClF3N4O3/c22-16-6-8-17(9-7-16)27-20(31)32-28-19(26)14-3-1-13(2-4-14)11-29-12-15(21(23,24)25)5-10-18(29)30/h1-10,12H,11H2,(H2,26,28)(H,27,31). The highest BCUT2D eigenvalue weighted by Crippen LogP contribution is 2.28. The van der Waals surface area contributed by atoms with E-state index in [1.165, 1.54) is 12.1 Å². The molecule has 0 aliphatic carbocycles. The van der Waals surface area contributed by atoms with E-state index >= 15 is 0 Å². The van der Waals surface area contributed by atoms with Crippen LogP contribution in [0.3, 0.4) is 0 Å². The van der Waals surface area contributed by atoms with Gasteiger partial charge in [-0.15, -0.1) is 0 Å². The van der Waals surface area contributed by atoms with Gasteiger partial charge in [0.2, 0.25) is 0 Å². The van der Waals surface area contributed by atoms with Crippen LogP contribution in [0.2, 0.25) is 5.02 Å². The summed E-state index contributed by atoms with van der Waals surface area (Å²) in [6, 6.07) is 14.1. The lowest BCUT2D eigenvalue weighted by atomic mass is 10.1. The van der Waals surface area contributed by atoms with Gasteiger partial charge in [-0.1, -0.05) is 41.0 Å². The second kappa shape index (κ2) is 9.56. The van der Waals surface area contributed by atoms with E-state index < -0.39 is 23.4 Å². The molecule has 1 aromatic heterocycles. The number of oxime groups is 1. The summed E-state index contributed by atoms with van der Waals surface area (Å²) in [5, 5.41) is 6.50. The number of halogens is 4. The molecule has 0 aliphatic heterocycles. The minimum Gasteiger partial charge on any atom is -0.380 e. The van der Waals surface area contributed by atoms with E-state index in [-0.39, 0.29) is 12.4 Å². The minimum absolute atomic E-state index is 0.0694. The van der Waals surface area contributed by atoms with Gasteiger partial charge in [-0.25, -0.2) is 4.79 Å². The van der Waals surface area contributed by atoms with Crippen molar-refractivity contribution in [1.82, 2.24) is 4.57 Å². The first kappa shape index (κ1) is 22.9. The Bertz CT molecular complexity index is 1190. The topological polar surface area (TPSA) is 98.7 Å². The van der Waals surface area contributed by atoms with E-state index in [0.29, 0.717) is 21.8 Å². The average Bonchev–Trinajstić information content (AvgIpc) is 2.75. The molecular weight excluding hydrogens is 449 g/mol. The van der Waals surface area contributed by atoms with E-state index in [1.54, 1.807) is 36.4 Å². The fraction of sp³-hybridized carbons (Fsp3) is 0.0952. The fourth-order valence-electron chi connectivity index (χ4n) is 2.62. The number of carbonyl (C=O) groups excluding carboxylic acids is 1. The monoisotopic (exact) mass is 464 g/mol. The highest BCUT2D eigenvalue weighted by atomic mass is 35.5. The van der Waals surface area contributed by atoms with Crippen molar-refractivity contribution in [3.05, 3.63) is 98.9 Å². The molecule has 3 N–H and O–H groups in total. The number of nitrogens with two attached hydrogens (primary N) is 1. The Morgan fingerprint density at radius 1 is 1.06 bits per heavy atom. The summed E-state index contributed by atoms with van der Waals surface area (Å²) in [5.74, 6) is -0.0981. The van der Waals surface area contributed by atoms with Crippen molar-refractivity contribution in [3.63, 3.8) is 0 Å². The molecule has 0 aliphatic rings. The fourth-order valence-corrected chi connectivity index (χ4v) is 2.74. The third-order valence-corrected chi connectivity index (χ3v) is 4.48. The van der Waals surface area contributed by atoms with Crippen molar-refractivity contribution in [2.24, 2.45) is 10.9 Å². The molecule has 0 fully saturated rings. The largest absolute Gasteiger partial charge is 0.437 e. The number of rotatable bonds is 5. The summed E-state index contributed by atoms with van der Waals surface area (Å²) in [5.41, 5.74) is 5.73. The van der Waals surface area contributed by atoms with Crippen LogP contribution in [0, 0.1) is 0 Å². The number of nitrogens with zero attached hydrogens (tertiary/aromatic N) is 2. The van der Waals surface area contributed by atoms with Crippen LogP contribution < -0.4 is 16.6 Å². The van der Waals surface area contributed by atoms with E-state index in [0.717, 1.165) is 22.9 Å². The molecule has 1 amide bonds. The number of anilines is 1. The van der Waals surface area contributed by atoms with Gasteiger partial charge >= 0.3 is 12.3 Å². The Morgan fingerprint density at radius 2 is 1.72 bits per heavy atom. The molecule has 0 saturated carbocycles. The first-order valence-corrected chi connectivity index (χ1v) is 9.43. The molecule has 0 bridgehead atoms. The number of alkyl halides is 3. The lowest BCUT2D eigenvalue weighted by Gasteiger charge is -2.11. The van der Waals surface area contributed by atoms with Crippen molar-refractivity contribution in [2.75, 3.05) is 5.32 Å². The van der Waals surface area contributed by atoms with Gasteiger partial charge in [0.05, 0.1) is 12.1 Å². The normalized spacial score (nSPS) is 11.8. The number of benzene rings is 2. The van der Waals surface area contributed by atoms with Gasteiger partial charge in [0.1, 0.15) is 0 Å². The number of nitrogens with one attached hydrogen (secondary N) is 1. The van der Waals surface area contributed by atoms with E-state index in [1.807, 2.05) is 0 Å². The third kappa shape index (κ3) is 6.11. The van der Waals surface area contributed by atoms with Crippen LogP contribution in [0.4, 0.5) is 23.7 Å². The van der Waals surface area contributed by atoms with Crippen molar-refractivity contribution in [2.45, 2.75) is 12.7 Å². The molecular formula is C21H16ClF3N4O3. The number of hydrogen-bond acceptors (Lipinski definition) is 4. The molecule has 0 spiro atoms. The SMILES string of the molecule is N/C(=N\OC(=O)Nc1ccc(Cl)cc1)c1ccc(Cn2cc(C(F)(F)F)ccc2=O)cc1. The lowest BCUT2D eigenvalue weighted by molar-refractivity contribution is -0.138. The molecule has 1 heterocycles. The van der Waals surface area contributed by atoms with Crippen LogP contribution in [0.1, 0.15) is 16.7 Å². The van der Waals surface area contributed by atoms with Crippen molar-refractivity contribution < 1.29 is 22.8 Å². The van der Waals surface area contributed by atoms with Crippen LogP contribution in [-0.2, 0) is 17.6 Å². The Balaban J connectivity index is 1.64. The number of hydrogen-bond donors (Lipinski definition) is 2. The van der Waals surface area contributed by atoms with Gasteiger partial charge in [0, 0.05) is 28.5 Å². The second-order valence-corrected chi connectivity index (χ2v) is 7.00. The first-order valence-electron chi connectivity index (χ1n) is 9.06. The Kier molecular flexibility index (Phi) is 6.84. The van der Waals surface area contributed by atoms with Gasteiger partial charge < -0.3 is 10.3 Å². The van der Waals surface area contributed by atoms with Gasteiger partial charge in [-0.3, -0.25) is 14.9 Å². The number of amidine groups is 1. The zero-order chi connectivity index (χ0) is 23.3. The zero-order valence-electron chi connectivity index (χ0n) is 16.3. The third-order valence-electron chi connectivity index (χ3n) is 4.23. The highest BCUT2D eigenvalue weighted by molar-refractivity contribution is 6.30. The maximum absolute atomic E-state index is 12.9. The van der Waals surface area contributed by atoms with Crippen LogP contribution >= 0.6 is 11.6 Å². The lowest BCUT2D eigenvalue weighted by Crippen LogP contribution is -2.22. The smallest absolute Gasteiger partial charge is 0.380 e. The first-order chi connectivity index (χ1) is 15.1. The maximum atomic E-state index is 12.9. The van der Waals surface area contributed by atoms with Crippen molar-refractivity contribution in [1.29, 1.82) is 0 Å². The molecule has 0 atom stereocenters. The molecule has 11 heteroatoms. The van der Waals surface area contributed by atoms with E-state index in [9.17, 15) is 22.8 Å². The molecule has 32 heavy (non-hydrogen) atoms. The van der Waals surface area contributed by atoms with Gasteiger partial charge in [0.15, 0.2) is 5.84 Å². The van der Waals surface area contributed by atoms with Crippen molar-refractivity contribution in [3.8, 4) is 0 Å². The Labute approximate surface area is 184 Å². The summed E-state index contributed by atoms with van der Waals surface area (Å²) in [6.45, 7) is -0.0694. The van der Waals surface area contributed by atoms with Gasteiger partial charge in [-0.05, 0) is 35.9 Å². The van der Waals surface area contributed by atoms with E-state index in [2.05, 4.69) is 10.5 Å². The molecule has 0 unspecified atom stereocenters. The average molecular weight is 465 g/mol. The predicted molar refractivity (Wildman–Crippen MR) is 114 cm³/mol. The molecule has 0 radical (unpaired) electrons. The maximum Gasteiger partial charge on any atom is 0.437 e. The number of carbonyl (C=O) groups is 1. The molecule has 3 aromatic rings. The summed E-state index contributed by atoms with van der Waals surface area (Å²) >= 11 is 5.76.